The van der Waals surface area contributed by atoms with E-state index < -0.39 is 0 Å². The monoisotopic (exact) mass is 286 g/mol. The average Bonchev–Trinajstić information content (AvgIpc) is 2.42. The van der Waals surface area contributed by atoms with Crippen LogP contribution in [0.5, 0.6) is 0 Å². The molecule has 1 aromatic carbocycles. The molecule has 0 bridgehead atoms. The van der Waals surface area contributed by atoms with Gasteiger partial charge in [-0.15, -0.1) is 0 Å². The molecule has 1 aromatic rings. The maximum atomic E-state index is 13.2. The Hall–Kier alpha value is -0.680. The first-order valence-electron chi connectivity index (χ1n) is 6.55. The van der Waals surface area contributed by atoms with Gasteiger partial charge in [-0.2, -0.15) is 0 Å². The van der Waals surface area contributed by atoms with Gasteiger partial charge in [-0.05, 0) is 31.7 Å². The summed E-state index contributed by atoms with van der Waals surface area (Å²) >= 11 is 5.83. The van der Waals surface area contributed by atoms with E-state index in [9.17, 15) is 4.39 Å². The second kappa shape index (κ2) is 6.66. The summed E-state index contributed by atoms with van der Waals surface area (Å²) in [6.45, 7) is 5.48. The second-order valence-corrected chi connectivity index (χ2v) is 5.39. The van der Waals surface area contributed by atoms with E-state index >= 15 is 0 Å². The Labute approximate surface area is 118 Å². The predicted molar refractivity (Wildman–Crippen MR) is 75.1 cm³/mol. The molecule has 0 spiro atoms. The smallest absolute Gasteiger partial charge is 0.141 e. The fraction of sp³-hybridized carbons (Fsp3) is 0.571. The lowest BCUT2D eigenvalue weighted by atomic mass is 10.1. The highest BCUT2D eigenvalue weighted by Gasteiger charge is 2.19. The number of hydrogen-bond acceptors (Lipinski definition) is 3. The fourth-order valence-electron chi connectivity index (χ4n) is 2.24. The van der Waals surface area contributed by atoms with Gasteiger partial charge < -0.3 is 10.1 Å². The first-order chi connectivity index (χ1) is 9.08. The van der Waals surface area contributed by atoms with Crippen LogP contribution in [-0.2, 0) is 4.74 Å². The summed E-state index contributed by atoms with van der Waals surface area (Å²) < 4.78 is 18.8. The summed E-state index contributed by atoms with van der Waals surface area (Å²) in [6, 6.07) is 5.06. The third-order valence-corrected chi connectivity index (χ3v) is 3.87. The maximum Gasteiger partial charge on any atom is 0.141 e. The molecule has 3 nitrogen and oxygen atoms in total. The van der Waals surface area contributed by atoms with Gasteiger partial charge >= 0.3 is 0 Å². The lowest BCUT2D eigenvalue weighted by molar-refractivity contribution is 0.00393. The van der Waals surface area contributed by atoms with Crippen LogP contribution in [0.1, 0.15) is 18.5 Å². The molecule has 5 heteroatoms. The first kappa shape index (κ1) is 14.7. The van der Waals surface area contributed by atoms with E-state index in [4.69, 9.17) is 16.3 Å². The summed E-state index contributed by atoms with van der Waals surface area (Å²) in [7, 11) is 2.04. The van der Waals surface area contributed by atoms with Crippen LogP contribution in [0.4, 0.5) is 4.39 Å². The molecule has 2 rings (SSSR count). The van der Waals surface area contributed by atoms with Crippen molar-refractivity contribution >= 4 is 11.6 Å². The molecule has 0 aromatic heterocycles. The molecule has 0 radical (unpaired) electrons. The molecule has 0 amide bonds. The highest BCUT2D eigenvalue weighted by molar-refractivity contribution is 6.30. The van der Waals surface area contributed by atoms with Gasteiger partial charge in [-0.3, -0.25) is 4.90 Å². The number of halogens is 2. The van der Waals surface area contributed by atoms with Crippen molar-refractivity contribution in [2.45, 2.75) is 19.1 Å². The van der Waals surface area contributed by atoms with Gasteiger partial charge in [0.2, 0.25) is 0 Å². The SMILES string of the molecule is CC(c1ccc(F)c(Cl)c1)N(C)CC1CNCCO1. The Morgan fingerprint density at radius 3 is 3.00 bits per heavy atom. The quantitative estimate of drug-likeness (QED) is 0.920. The van der Waals surface area contributed by atoms with Crippen LogP contribution in [-0.4, -0.2) is 44.3 Å². The highest BCUT2D eigenvalue weighted by atomic mass is 35.5. The van der Waals surface area contributed by atoms with Crippen LogP contribution in [0.3, 0.4) is 0 Å². The number of nitrogens with zero attached hydrogens (tertiary/aromatic N) is 1. The first-order valence-corrected chi connectivity index (χ1v) is 6.93. The van der Waals surface area contributed by atoms with E-state index in [-0.39, 0.29) is 23.0 Å². The van der Waals surface area contributed by atoms with Crippen molar-refractivity contribution in [2.75, 3.05) is 33.3 Å². The lowest BCUT2D eigenvalue weighted by Crippen LogP contribution is -2.44. The zero-order valence-electron chi connectivity index (χ0n) is 11.3. The zero-order chi connectivity index (χ0) is 13.8. The topological polar surface area (TPSA) is 24.5 Å². The van der Waals surface area contributed by atoms with Crippen LogP contribution in [0.25, 0.3) is 0 Å². The van der Waals surface area contributed by atoms with Crippen LogP contribution >= 0.6 is 11.6 Å². The summed E-state index contributed by atoms with van der Waals surface area (Å²) in [4.78, 5) is 2.20. The van der Waals surface area contributed by atoms with E-state index in [1.54, 1.807) is 12.1 Å². The molecule has 2 unspecified atom stereocenters. The summed E-state index contributed by atoms with van der Waals surface area (Å²) in [5.41, 5.74) is 1.01. The van der Waals surface area contributed by atoms with Gasteiger partial charge in [0.25, 0.3) is 0 Å². The molecule has 1 N–H and O–H groups in total. The molecule has 1 aliphatic rings. The van der Waals surface area contributed by atoms with E-state index in [0.29, 0.717) is 0 Å². The number of ether oxygens (including phenoxy) is 1. The average molecular weight is 287 g/mol. The lowest BCUT2D eigenvalue weighted by Gasteiger charge is -2.31. The second-order valence-electron chi connectivity index (χ2n) is 4.99. The molecule has 1 aliphatic heterocycles. The molecule has 0 saturated carbocycles. The Morgan fingerprint density at radius 2 is 2.37 bits per heavy atom. The third-order valence-electron chi connectivity index (χ3n) is 3.58. The van der Waals surface area contributed by atoms with Crippen molar-refractivity contribution in [2.24, 2.45) is 0 Å². The molecule has 19 heavy (non-hydrogen) atoms. The van der Waals surface area contributed by atoms with E-state index in [1.165, 1.54) is 6.07 Å². The third kappa shape index (κ3) is 3.89. The molecule has 0 aliphatic carbocycles. The normalized spacial score (nSPS) is 21.6. The number of rotatable bonds is 4. The van der Waals surface area contributed by atoms with Gasteiger partial charge in [0.15, 0.2) is 0 Å². The van der Waals surface area contributed by atoms with Gasteiger partial charge in [-0.1, -0.05) is 17.7 Å². The van der Waals surface area contributed by atoms with E-state index in [1.807, 2.05) is 7.05 Å². The van der Waals surface area contributed by atoms with Gasteiger partial charge in [0.1, 0.15) is 5.82 Å². The summed E-state index contributed by atoms with van der Waals surface area (Å²) in [5, 5.41) is 3.49. The van der Waals surface area contributed by atoms with E-state index in [2.05, 4.69) is 17.1 Å². The molecule has 106 valence electrons. The predicted octanol–water partition coefficient (Wildman–Crippen LogP) is 2.46. The van der Waals surface area contributed by atoms with Crippen LogP contribution in [0, 0.1) is 5.82 Å². The largest absolute Gasteiger partial charge is 0.374 e. The Kier molecular flexibility index (Phi) is 5.16. The van der Waals surface area contributed by atoms with Gasteiger partial charge in [-0.25, -0.2) is 4.39 Å². The van der Waals surface area contributed by atoms with Crippen molar-refractivity contribution in [1.29, 1.82) is 0 Å². The molecular weight excluding hydrogens is 267 g/mol. The number of likely N-dealkylation sites (N-methyl/N-ethyl adjacent to an activating group) is 1. The molecule has 1 heterocycles. The summed E-state index contributed by atoms with van der Waals surface area (Å²) in [6.07, 6.45) is 0.206. The van der Waals surface area contributed by atoms with Crippen LogP contribution in [0.15, 0.2) is 18.2 Å². The minimum atomic E-state index is -0.375. The zero-order valence-corrected chi connectivity index (χ0v) is 12.1. The number of morpholine rings is 1. The van der Waals surface area contributed by atoms with Crippen molar-refractivity contribution in [3.05, 3.63) is 34.6 Å². The van der Waals surface area contributed by atoms with Crippen molar-refractivity contribution in [3.8, 4) is 0 Å². The highest BCUT2D eigenvalue weighted by Crippen LogP contribution is 2.24. The van der Waals surface area contributed by atoms with Crippen molar-refractivity contribution in [1.82, 2.24) is 10.2 Å². The standard InChI is InChI=1S/C14H20ClFN2O/c1-10(11-3-4-14(16)13(15)7-11)18(2)9-12-8-17-5-6-19-12/h3-4,7,10,12,17H,5-6,8-9H2,1-2H3. The number of nitrogens with one attached hydrogen (secondary N) is 1. The number of benzene rings is 1. The molecule has 1 saturated heterocycles. The Bertz CT molecular complexity index is 424. The van der Waals surface area contributed by atoms with Crippen molar-refractivity contribution in [3.63, 3.8) is 0 Å². The van der Waals surface area contributed by atoms with Crippen molar-refractivity contribution < 1.29 is 9.13 Å². The van der Waals surface area contributed by atoms with Crippen LogP contribution in [0.2, 0.25) is 5.02 Å². The van der Waals surface area contributed by atoms with Gasteiger partial charge in [0, 0.05) is 25.7 Å². The van der Waals surface area contributed by atoms with E-state index in [0.717, 1.165) is 31.8 Å². The van der Waals surface area contributed by atoms with Gasteiger partial charge in [0.05, 0.1) is 17.7 Å². The Morgan fingerprint density at radius 1 is 1.58 bits per heavy atom. The molecule has 2 atom stereocenters. The number of hydrogen-bond donors (Lipinski definition) is 1. The molecule has 1 fully saturated rings. The Balaban J connectivity index is 1.97. The fourth-order valence-corrected chi connectivity index (χ4v) is 2.43. The summed E-state index contributed by atoms with van der Waals surface area (Å²) in [5.74, 6) is -0.375. The maximum absolute atomic E-state index is 13.2. The minimum absolute atomic E-state index is 0.170. The minimum Gasteiger partial charge on any atom is -0.374 e. The van der Waals surface area contributed by atoms with Crippen LogP contribution < -0.4 is 5.32 Å². The molecular formula is C14H20ClFN2O.